The van der Waals surface area contributed by atoms with Gasteiger partial charge in [-0.1, -0.05) is 12.1 Å². The molecule has 0 unspecified atom stereocenters. The second-order valence-corrected chi connectivity index (χ2v) is 3.49. The van der Waals surface area contributed by atoms with Crippen LogP contribution in [0.5, 0.6) is 0 Å². The van der Waals surface area contributed by atoms with Crippen molar-refractivity contribution >= 4 is 5.82 Å². The van der Waals surface area contributed by atoms with Crippen molar-refractivity contribution in [2.75, 3.05) is 19.0 Å². The van der Waals surface area contributed by atoms with Gasteiger partial charge in [0, 0.05) is 20.3 Å². The van der Waals surface area contributed by atoms with Crippen LogP contribution in [0.25, 0.3) is 11.4 Å². The molecule has 0 atom stereocenters. The molecule has 0 spiro atoms. The Bertz CT molecular complexity index is 438. The van der Waals surface area contributed by atoms with Crippen molar-refractivity contribution in [3.8, 4) is 11.4 Å². The Hall–Kier alpha value is -1.90. The van der Waals surface area contributed by atoms with E-state index >= 15 is 0 Å². The Labute approximate surface area is 89.4 Å². The Balaban J connectivity index is 2.42. The molecule has 3 nitrogen and oxygen atoms in total. The average molecular weight is 199 g/mol. The minimum atomic E-state index is 0.904. The maximum atomic E-state index is 4.51. The third-order valence-electron chi connectivity index (χ3n) is 2.12. The summed E-state index contributed by atoms with van der Waals surface area (Å²) < 4.78 is 0. The zero-order chi connectivity index (χ0) is 10.7. The van der Waals surface area contributed by atoms with Gasteiger partial charge in [-0.2, -0.15) is 0 Å². The maximum Gasteiger partial charge on any atom is 0.128 e. The number of anilines is 1. The predicted molar refractivity (Wildman–Crippen MR) is 61.8 cm³/mol. The van der Waals surface area contributed by atoms with E-state index in [4.69, 9.17) is 0 Å². The number of nitrogens with zero attached hydrogens (tertiary/aromatic N) is 3. The zero-order valence-corrected chi connectivity index (χ0v) is 8.88. The lowest BCUT2D eigenvalue weighted by Crippen LogP contribution is -2.10. The third-order valence-corrected chi connectivity index (χ3v) is 2.12. The molecule has 0 aliphatic heterocycles. The summed E-state index contributed by atoms with van der Waals surface area (Å²) in [5, 5.41) is 0. The fourth-order valence-corrected chi connectivity index (χ4v) is 1.33. The van der Waals surface area contributed by atoms with Gasteiger partial charge in [-0.25, -0.2) is 4.98 Å². The molecule has 0 aromatic carbocycles. The number of pyridine rings is 2. The first kappa shape index (κ1) is 9.65. The van der Waals surface area contributed by atoms with Crippen molar-refractivity contribution in [3.63, 3.8) is 0 Å². The molecule has 2 aromatic heterocycles. The van der Waals surface area contributed by atoms with E-state index in [1.54, 1.807) is 6.20 Å². The van der Waals surface area contributed by atoms with E-state index < -0.39 is 0 Å². The highest BCUT2D eigenvalue weighted by atomic mass is 15.1. The summed E-state index contributed by atoms with van der Waals surface area (Å²) in [7, 11) is 3.95. The molecule has 15 heavy (non-hydrogen) atoms. The van der Waals surface area contributed by atoms with E-state index in [0.29, 0.717) is 0 Å². The fourth-order valence-electron chi connectivity index (χ4n) is 1.33. The molecule has 0 aliphatic carbocycles. The molecule has 0 saturated heterocycles. The fraction of sp³-hybridized carbons (Fsp3) is 0.167. The SMILES string of the molecule is CN(C)c1cccc(-c2ccccn2)n1. The van der Waals surface area contributed by atoms with Crippen LogP contribution in [0.15, 0.2) is 42.6 Å². The van der Waals surface area contributed by atoms with E-state index in [1.807, 2.05) is 55.4 Å². The maximum absolute atomic E-state index is 4.51. The van der Waals surface area contributed by atoms with Gasteiger partial charge in [-0.3, -0.25) is 4.98 Å². The van der Waals surface area contributed by atoms with Crippen molar-refractivity contribution in [1.29, 1.82) is 0 Å². The van der Waals surface area contributed by atoms with Crippen molar-refractivity contribution in [3.05, 3.63) is 42.6 Å². The van der Waals surface area contributed by atoms with E-state index in [2.05, 4.69) is 9.97 Å². The molecule has 0 N–H and O–H groups in total. The van der Waals surface area contributed by atoms with Gasteiger partial charge < -0.3 is 4.90 Å². The Kier molecular flexibility index (Phi) is 2.63. The first-order chi connectivity index (χ1) is 7.27. The average Bonchev–Trinajstić information content (AvgIpc) is 2.30. The van der Waals surface area contributed by atoms with E-state index in [0.717, 1.165) is 17.2 Å². The van der Waals surface area contributed by atoms with Crippen molar-refractivity contribution in [2.45, 2.75) is 0 Å². The summed E-state index contributed by atoms with van der Waals surface area (Å²) in [6, 6.07) is 11.8. The van der Waals surface area contributed by atoms with E-state index in [-0.39, 0.29) is 0 Å². The van der Waals surface area contributed by atoms with Crippen LogP contribution >= 0.6 is 0 Å². The van der Waals surface area contributed by atoms with E-state index in [9.17, 15) is 0 Å². The standard InChI is InChI=1S/C12H13N3/c1-15(2)12-8-5-7-11(14-12)10-6-3-4-9-13-10/h3-9H,1-2H3. The van der Waals surface area contributed by atoms with Gasteiger partial charge in [0.15, 0.2) is 0 Å². The van der Waals surface area contributed by atoms with Crippen LogP contribution in [-0.2, 0) is 0 Å². The second kappa shape index (κ2) is 4.09. The van der Waals surface area contributed by atoms with Gasteiger partial charge in [0.25, 0.3) is 0 Å². The summed E-state index contributed by atoms with van der Waals surface area (Å²) in [5.74, 6) is 0.943. The van der Waals surface area contributed by atoms with Crippen LogP contribution in [-0.4, -0.2) is 24.1 Å². The lowest BCUT2D eigenvalue weighted by atomic mass is 10.2. The van der Waals surface area contributed by atoms with Crippen LogP contribution in [0.4, 0.5) is 5.82 Å². The minimum Gasteiger partial charge on any atom is -0.363 e. The van der Waals surface area contributed by atoms with Gasteiger partial charge in [0.2, 0.25) is 0 Å². The number of hydrogen-bond donors (Lipinski definition) is 0. The van der Waals surface area contributed by atoms with Gasteiger partial charge in [-0.15, -0.1) is 0 Å². The van der Waals surface area contributed by atoms with Gasteiger partial charge in [0.1, 0.15) is 5.82 Å². The topological polar surface area (TPSA) is 29.0 Å². The largest absolute Gasteiger partial charge is 0.363 e. The van der Waals surface area contributed by atoms with Gasteiger partial charge >= 0.3 is 0 Å². The predicted octanol–water partition coefficient (Wildman–Crippen LogP) is 2.21. The smallest absolute Gasteiger partial charge is 0.128 e. The number of rotatable bonds is 2. The highest BCUT2D eigenvalue weighted by Gasteiger charge is 2.02. The Morgan fingerprint density at radius 2 is 1.73 bits per heavy atom. The molecule has 76 valence electrons. The molecule has 0 aliphatic rings. The Morgan fingerprint density at radius 3 is 2.40 bits per heavy atom. The first-order valence-corrected chi connectivity index (χ1v) is 4.83. The van der Waals surface area contributed by atoms with E-state index in [1.165, 1.54) is 0 Å². The lowest BCUT2D eigenvalue weighted by molar-refractivity contribution is 1.07. The Morgan fingerprint density at radius 1 is 0.933 bits per heavy atom. The molecule has 2 aromatic rings. The second-order valence-electron chi connectivity index (χ2n) is 3.49. The molecule has 0 bridgehead atoms. The van der Waals surface area contributed by atoms with Crippen LogP contribution in [0, 0.1) is 0 Å². The number of hydrogen-bond acceptors (Lipinski definition) is 3. The number of aromatic nitrogens is 2. The van der Waals surface area contributed by atoms with Gasteiger partial charge in [-0.05, 0) is 24.3 Å². The summed E-state index contributed by atoms with van der Waals surface area (Å²) >= 11 is 0. The molecular formula is C12H13N3. The quantitative estimate of drug-likeness (QED) is 0.742. The van der Waals surface area contributed by atoms with Gasteiger partial charge in [0.05, 0.1) is 11.4 Å². The monoisotopic (exact) mass is 199 g/mol. The molecule has 0 saturated carbocycles. The summed E-state index contributed by atoms with van der Waals surface area (Å²) in [5.41, 5.74) is 1.81. The van der Waals surface area contributed by atoms with Crippen LogP contribution in [0.3, 0.4) is 0 Å². The third kappa shape index (κ3) is 2.13. The minimum absolute atomic E-state index is 0.904. The first-order valence-electron chi connectivity index (χ1n) is 4.83. The van der Waals surface area contributed by atoms with Crippen LogP contribution in [0.2, 0.25) is 0 Å². The van der Waals surface area contributed by atoms with Crippen LogP contribution < -0.4 is 4.90 Å². The lowest BCUT2D eigenvalue weighted by Gasteiger charge is -2.11. The molecule has 0 fully saturated rings. The molecule has 2 rings (SSSR count). The summed E-state index contributed by atoms with van der Waals surface area (Å²) in [6.45, 7) is 0. The highest BCUT2D eigenvalue weighted by molar-refractivity contribution is 5.56. The highest BCUT2D eigenvalue weighted by Crippen LogP contribution is 2.16. The molecule has 3 heteroatoms. The summed E-state index contributed by atoms with van der Waals surface area (Å²) in [6.07, 6.45) is 1.78. The van der Waals surface area contributed by atoms with Crippen LogP contribution in [0.1, 0.15) is 0 Å². The van der Waals surface area contributed by atoms with Crippen molar-refractivity contribution in [2.24, 2.45) is 0 Å². The van der Waals surface area contributed by atoms with Crippen molar-refractivity contribution in [1.82, 2.24) is 9.97 Å². The zero-order valence-electron chi connectivity index (χ0n) is 8.88. The molecule has 0 amide bonds. The summed E-state index contributed by atoms with van der Waals surface area (Å²) in [4.78, 5) is 10.8. The normalized spacial score (nSPS) is 10.0. The van der Waals surface area contributed by atoms with Crippen molar-refractivity contribution < 1.29 is 0 Å². The molecular weight excluding hydrogens is 186 g/mol. The molecule has 0 radical (unpaired) electrons. The molecule has 2 heterocycles.